The number of rotatable bonds is 3. The van der Waals surface area contributed by atoms with Crippen LogP contribution in [0.1, 0.15) is 15.9 Å². The number of hydrogen-bond acceptors (Lipinski definition) is 2. The largest absolute Gasteiger partial charge is 0.389 e. The minimum atomic E-state index is -0.208. The van der Waals surface area contributed by atoms with Crippen LogP contribution < -0.4 is 11.1 Å². The standard InChI is InChI=1S/C14H9Br3N2OS/c15-9-3-8(4-10(16)6-9)14(20)19-12-2-1-7(13(18)21)5-11(12)17/h1-6H,(H2,18,21)(H,19,20). The minimum absolute atomic E-state index is 0.208. The monoisotopic (exact) mass is 490 g/mol. The molecule has 2 aromatic rings. The number of halogens is 3. The molecule has 21 heavy (non-hydrogen) atoms. The molecular weight excluding hydrogens is 484 g/mol. The van der Waals surface area contributed by atoms with Crippen LogP contribution in [0.25, 0.3) is 0 Å². The molecule has 0 aliphatic heterocycles. The summed E-state index contributed by atoms with van der Waals surface area (Å²) < 4.78 is 2.37. The summed E-state index contributed by atoms with van der Waals surface area (Å²) in [7, 11) is 0. The van der Waals surface area contributed by atoms with E-state index in [0.29, 0.717) is 16.2 Å². The average Bonchev–Trinajstić information content (AvgIpc) is 2.39. The van der Waals surface area contributed by atoms with E-state index in [1.807, 2.05) is 6.07 Å². The number of thiocarbonyl (C=S) groups is 1. The van der Waals surface area contributed by atoms with Gasteiger partial charge in [-0.25, -0.2) is 0 Å². The highest BCUT2D eigenvalue weighted by Gasteiger charge is 2.11. The molecule has 0 radical (unpaired) electrons. The summed E-state index contributed by atoms with van der Waals surface area (Å²) in [5, 5.41) is 2.84. The summed E-state index contributed by atoms with van der Waals surface area (Å²) in [6.07, 6.45) is 0. The Morgan fingerprint density at radius 3 is 2.14 bits per heavy atom. The maximum absolute atomic E-state index is 12.3. The van der Waals surface area contributed by atoms with Crippen molar-refractivity contribution in [1.82, 2.24) is 0 Å². The van der Waals surface area contributed by atoms with E-state index >= 15 is 0 Å². The Kier molecular flexibility index (Phi) is 5.54. The van der Waals surface area contributed by atoms with E-state index < -0.39 is 0 Å². The summed E-state index contributed by atoms with van der Waals surface area (Å²) >= 11 is 15.0. The molecule has 0 atom stereocenters. The molecule has 0 aliphatic carbocycles. The van der Waals surface area contributed by atoms with E-state index in [2.05, 4.69) is 53.1 Å². The quantitative estimate of drug-likeness (QED) is 0.602. The van der Waals surface area contributed by atoms with Crippen molar-refractivity contribution in [2.24, 2.45) is 5.73 Å². The van der Waals surface area contributed by atoms with Gasteiger partial charge in [0.15, 0.2) is 0 Å². The van der Waals surface area contributed by atoms with Crippen LogP contribution in [0.15, 0.2) is 49.8 Å². The normalized spacial score (nSPS) is 10.2. The number of hydrogen-bond donors (Lipinski definition) is 2. The van der Waals surface area contributed by atoms with Crippen LogP contribution in [0.2, 0.25) is 0 Å². The zero-order valence-electron chi connectivity index (χ0n) is 10.5. The molecule has 0 unspecified atom stereocenters. The van der Waals surface area contributed by atoms with Crippen LogP contribution in [0, 0.1) is 0 Å². The highest BCUT2D eigenvalue weighted by Crippen LogP contribution is 2.25. The zero-order chi connectivity index (χ0) is 15.6. The summed E-state index contributed by atoms with van der Waals surface area (Å²) in [5.41, 5.74) is 7.50. The van der Waals surface area contributed by atoms with Gasteiger partial charge >= 0.3 is 0 Å². The van der Waals surface area contributed by atoms with Crippen molar-refractivity contribution in [2.45, 2.75) is 0 Å². The summed E-state index contributed by atoms with van der Waals surface area (Å²) in [5.74, 6) is -0.208. The molecule has 0 spiro atoms. The molecule has 3 N–H and O–H groups in total. The van der Waals surface area contributed by atoms with Gasteiger partial charge in [-0.15, -0.1) is 0 Å². The van der Waals surface area contributed by atoms with Gasteiger partial charge in [0.05, 0.1) is 5.69 Å². The number of carbonyl (C=O) groups is 1. The second-order valence-electron chi connectivity index (χ2n) is 4.17. The van der Waals surface area contributed by atoms with Gasteiger partial charge in [0.25, 0.3) is 5.91 Å². The van der Waals surface area contributed by atoms with Crippen molar-refractivity contribution in [1.29, 1.82) is 0 Å². The summed E-state index contributed by atoms with van der Waals surface area (Å²) in [6, 6.07) is 10.6. The fourth-order valence-electron chi connectivity index (χ4n) is 1.65. The second kappa shape index (κ2) is 7.00. The predicted molar refractivity (Wildman–Crippen MR) is 99.8 cm³/mol. The molecule has 108 valence electrons. The first-order chi connectivity index (χ1) is 9.86. The fourth-order valence-corrected chi connectivity index (χ4v) is 3.55. The average molecular weight is 493 g/mol. The first-order valence-corrected chi connectivity index (χ1v) is 8.52. The van der Waals surface area contributed by atoms with Crippen molar-refractivity contribution in [3.63, 3.8) is 0 Å². The fraction of sp³-hybridized carbons (Fsp3) is 0. The molecule has 0 aromatic heterocycles. The van der Waals surface area contributed by atoms with E-state index in [0.717, 1.165) is 19.0 Å². The molecule has 0 bridgehead atoms. The lowest BCUT2D eigenvalue weighted by atomic mass is 10.2. The van der Waals surface area contributed by atoms with Crippen LogP contribution in [0.5, 0.6) is 0 Å². The molecule has 0 saturated carbocycles. The van der Waals surface area contributed by atoms with Gasteiger partial charge in [-0.05, 0) is 52.3 Å². The predicted octanol–water partition coefficient (Wildman–Crippen LogP) is 4.86. The van der Waals surface area contributed by atoms with Crippen LogP contribution in [-0.4, -0.2) is 10.9 Å². The first kappa shape index (κ1) is 16.6. The Labute approximate surface area is 152 Å². The number of carbonyl (C=O) groups excluding carboxylic acids is 1. The van der Waals surface area contributed by atoms with E-state index in [9.17, 15) is 4.79 Å². The second-order valence-corrected chi connectivity index (χ2v) is 7.30. The third-order valence-electron chi connectivity index (χ3n) is 2.63. The maximum Gasteiger partial charge on any atom is 0.255 e. The lowest BCUT2D eigenvalue weighted by molar-refractivity contribution is 0.102. The Balaban J connectivity index is 2.25. The zero-order valence-corrected chi connectivity index (χ0v) is 16.1. The molecule has 0 saturated heterocycles. The topological polar surface area (TPSA) is 55.1 Å². The summed E-state index contributed by atoms with van der Waals surface area (Å²) in [6.45, 7) is 0. The van der Waals surface area contributed by atoms with E-state index in [4.69, 9.17) is 18.0 Å². The van der Waals surface area contributed by atoms with Gasteiger partial charge in [0, 0.05) is 24.5 Å². The lowest BCUT2D eigenvalue weighted by Crippen LogP contribution is -2.13. The molecule has 1 amide bonds. The van der Waals surface area contributed by atoms with Crippen molar-refractivity contribution >= 4 is 76.6 Å². The van der Waals surface area contributed by atoms with Gasteiger partial charge in [0.2, 0.25) is 0 Å². The van der Waals surface area contributed by atoms with Crippen molar-refractivity contribution in [3.05, 3.63) is 60.9 Å². The number of anilines is 1. The van der Waals surface area contributed by atoms with Crippen molar-refractivity contribution in [2.75, 3.05) is 5.32 Å². The van der Waals surface area contributed by atoms with E-state index in [-0.39, 0.29) is 5.91 Å². The molecular formula is C14H9Br3N2OS. The third-order valence-corrected chi connectivity index (χ3v) is 4.43. The highest BCUT2D eigenvalue weighted by molar-refractivity contribution is 9.11. The Morgan fingerprint density at radius 1 is 1.00 bits per heavy atom. The van der Waals surface area contributed by atoms with Crippen LogP contribution in [0.3, 0.4) is 0 Å². The minimum Gasteiger partial charge on any atom is -0.389 e. The number of benzene rings is 2. The SMILES string of the molecule is NC(=S)c1ccc(NC(=O)c2cc(Br)cc(Br)c2)c(Br)c1. The Bertz CT molecular complexity index is 714. The molecule has 3 nitrogen and oxygen atoms in total. The van der Waals surface area contributed by atoms with Gasteiger partial charge < -0.3 is 11.1 Å². The van der Waals surface area contributed by atoms with E-state index in [1.165, 1.54) is 0 Å². The summed E-state index contributed by atoms with van der Waals surface area (Å²) in [4.78, 5) is 12.6. The maximum atomic E-state index is 12.3. The molecule has 0 fully saturated rings. The number of nitrogens with two attached hydrogens (primary N) is 1. The molecule has 0 aliphatic rings. The highest BCUT2D eigenvalue weighted by atomic mass is 79.9. The van der Waals surface area contributed by atoms with E-state index in [1.54, 1.807) is 30.3 Å². The van der Waals surface area contributed by atoms with Crippen LogP contribution >= 0.6 is 60.0 Å². The van der Waals surface area contributed by atoms with Crippen LogP contribution in [0.4, 0.5) is 5.69 Å². The van der Waals surface area contributed by atoms with Crippen LogP contribution in [-0.2, 0) is 0 Å². The van der Waals surface area contributed by atoms with Crippen molar-refractivity contribution < 1.29 is 4.79 Å². The Hall–Kier alpha value is -0.760. The van der Waals surface area contributed by atoms with Gasteiger partial charge in [-0.3, -0.25) is 4.79 Å². The third kappa shape index (κ3) is 4.35. The molecule has 2 rings (SSSR count). The smallest absolute Gasteiger partial charge is 0.255 e. The number of amides is 1. The lowest BCUT2D eigenvalue weighted by Gasteiger charge is -2.09. The van der Waals surface area contributed by atoms with Gasteiger partial charge in [0.1, 0.15) is 4.99 Å². The van der Waals surface area contributed by atoms with Gasteiger partial charge in [-0.2, -0.15) is 0 Å². The molecule has 2 aromatic carbocycles. The number of nitrogens with one attached hydrogen (secondary N) is 1. The molecule has 0 heterocycles. The molecule has 7 heteroatoms. The first-order valence-electron chi connectivity index (χ1n) is 5.73. The van der Waals surface area contributed by atoms with Crippen molar-refractivity contribution in [3.8, 4) is 0 Å². The Morgan fingerprint density at radius 2 is 1.62 bits per heavy atom. The van der Waals surface area contributed by atoms with Gasteiger partial charge in [-0.1, -0.05) is 44.1 Å².